The van der Waals surface area contributed by atoms with Crippen molar-refractivity contribution >= 4 is 0 Å². The van der Waals surface area contributed by atoms with Gasteiger partial charge in [0.15, 0.2) is 0 Å². The minimum Gasteiger partial charge on any atom is -0.328 e. The predicted octanol–water partition coefficient (Wildman–Crippen LogP) is 15.8. The van der Waals surface area contributed by atoms with Gasteiger partial charge in [-0.1, -0.05) is 120 Å². The van der Waals surface area contributed by atoms with Gasteiger partial charge in [0.1, 0.15) is 0 Å². The molecule has 5 aliphatic carbocycles. The zero-order chi connectivity index (χ0) is 40.5. The van der Waals surface area contributed by atoms with Gasteiger partial charge in [-0.2, -0.15) is 0 Å². The molecule has 3 N–H and O–H groups in total. The van der Waals surface area contributed by atoms with Crippen molar-refractivity contribution in [1.82, 2.24) is 5.32 Å². The van der Waals surface area contributed by atoms with E-state index in [0.717, 1.165) is 77.1 Å². The van der Waals surface area contributed by atoms with Crippen LogP contribution in [0.2, 0.25) is 0 Å². The van der Waals surface area contributed by atoms with Gasteiger partial charge in [0, 0.05) is 18.1 Å². The summed E-state index contributed by atoms with van der Waals surface area (Å²) in [5.74, 6) is 11.4. The number of nitrogens with two attached hydrogens (primary N) is 1. The summed E-state index contributed by atoms with van der Waals surface area (Å²) < 4.78 is 0. The minimum atomic E-state index is 0.351. The molecule has 5 unspecified atom stereocenters. The van der Waals surface area contributed by atoms with Crippen LogP contribution in [0.1, 0.15) is 243 Å². The normalized spacial score (nSPS) is 34.6. The van der Waals surface area contributed by atoms with Crippen molar-refractivity contribution < 1.29 is 0 Å². The fourth-order valence-electron chi connectivity index (χ4n) is 13.6. The third kappa shape index (κ3) is 15.1. The Morgan fingerprint density at radius 3 is 1.88 bits per heavy atom. The highest BCUT2D eigenvalue weighted by Crippen LogP contribution is 2.64. The highest BCUT2D eigenvalue weighted by Gasteiger charge is 2.54. The van der Waals surface area contributed by atoms with E-state index in [1.54, 1.807) is 6.42 Å². The summed E-state index contributed by atoms with van der Waals surface area (Å²) in [5.41, 5.74) is 7.77. The van der Waals surface area contributed by atoms with Gasteiger partial charge >= 0.3 is 0 Å². The molecule has 0 amide bonds. The van der Waals surface area contributed by atoms with Crippen LogP contribution in [0.4, 0.5) is 0 Å². The van der Waals surface area contributed by atoms with Crippen LogP contribution >= 0.6 is 0 Å². The lowest BCUT2D eigenvalue weighted by Crippen LogP contribution is -2.42. The molecule has 0 aromatic rings. The number of hydrogen-bond acceptors (Lipinski definition) is 2. The molecule has 9 atom stereocenters. The topological polar surface area (TPSA) is 38.0 Å². The molecule has 5 saturated carbocycles. The third-order valence-corrected chi connectivity index (χ3v) is 18.3. The minimum absolute atomic E-state index is 0.351. The summed E-state index contributed by atoms with van der Waals surface area (Å²) in [6.07, 6.45) is 39.3. The fourth-order valence-corrected chi connectivity index (χ4v) is 13.6. The van der Waals surface area contributed by atoms with Crippen LogP contribution in [0.25, 0.3) is 0 Å². The Bertz CT molecular complexity index is 1060. The average Bonchev–Trinajstić information content (AvgIpc) is 4.09. The van der Waals surface area contributed by atoms with Crippen LogP contribution in [-0.2, 0) is 0 Å². The Hall–Kier alpha value is -0.0800. The van der Waals surface area contributed by atoms with Crippen molar-refractivity contribution in [1.29, 1.82) is 0 Å². The molecule has 5 rings (SSSR count). The molecule has 2 heteroatoms. The Morgan fingerprint density at radius 2 is 1.27 bits per heavy atom. The van der Waals surface area contributed by atoms with Crippen LogP contribution in [0.3, 0.4) is 0 Å². The Balaban J connectivity index is 0.977. The molecule has 0 bridgehead atoms. The van der Waals surface area contributed by atoms with E-state index >= 15 is 0 Å². The molecule has 328 valence electrons. The lowest BCUT2D eigenvalue weighted by atomic mass is 9.64. The number of unbranched alkanes of at least 4 members (excludes halogenated alkanes) is 1. The second-order valence-electron chi connectivity index (χ2n) is 24.5. The highest BCUT2D eigenvalue weighted by atomic mass is 14.9. The number of rotatable bonds is 24. The number of hydrogen-bond donors (Lipinski definition) is 2. The Kier molecular flexibility index (Phi) is 18.6. The van der Waals surface area contributed by atoms with Gasteiger partial charge in [0.25, 0.3) is 0 Å². The molecule has 0 spiro atoms. The van der Waals surface area contributed by atoms with Gasteiger partial charge in [0.2, 0.25) is 0 Å². The van der Waals surface area contributed by atoms with Crippen LogP contribution in [0.5, 0.6) is 0 Å². The maximum Gasteiger partial charge on any atom is 0.00697 e. The second kappa shape index (κ2) is 22.1. The first-order valence-electron chi connectivity index (χ1n) is 26.1. The summed E-state index contributed by atoms with van der Waals surface area (Å²) in [6.45, 7) is 25.0. The van der Waals surface area contributed by atoms with Crippen molar-refractivity contribution in [3.8, 4) is 0 Å². The van der Waals surface area contributed by atoms with Crippen LogP contribution < -0.4 is 11.1 Å². The zero-order valence-corrected chi connectivity index (χ0v) is 39.8. The standard InChI is InChI=1S/C54H102N2/c1-38(17-25-48-37-52(48)47-23-15-39(2)16-24-47)13-11-12-14-46(44(7)55)26-20-45-21-29-51(30-22-45)56-42(5)36-49(35-41(4)31-32-53(8,9)10)43(6)54(33-34-54)50-27-18-40(3)19-28-50/h38-52,56H,11-37,55H2,1-10H3/t38-,39?,40?,41?,42+,43?,44+,45?,46-,47?,48?,49?,50?,51?,52?/m0/s1. The van der Waals surface area contributed by atoms with E-state index in [1.807, 2.05) is 0 Å². The van der Waals surface area contributed by atoms with Gasteiger partial charge in [-0.3, -0.25) is 0 Å². The van der Waals surface area contributed by atoms with E-state index in [4.69, 9.17) is 5.73 Å². The Labute approximate surface area is 352 Å². The third-order valence-electron chi connectivity index (χ3n) is 18.3. The Morgan fingerprint density at radius 1 is 0.643 bits per heavy atom. The summed E-state index contributed by atoms with van der Waals surface area (Å²) in [4.78, 5) is 0. The van der Waals surface area contributed by atoms with Crippen molar-refractivity contribution in [3.05, 3.63) is 0 Å². The predicted molar refractivity (Wildman–Crippen MR) is 247 cm³/mol. The second-order valence-corrected chi connectivity index (χ2v) is 24.5. The molecule has 0 aromatic carbocycles. The van der Waals surface area contributed by atoms with Gasteiger partial charge in [-0.25, -0.2) is 0 Å². The van der Waals surface area contributed by atoms with E-state index in [1.165, 1.54) is 167 Å². The van der Waals surface area contributed by atoms with Crippen molar-refractivity contribution in [2.75, 3.05) is 0 Å². The van der Waals surface area contributed by atoms with Crippen molar-refractivity contribution in [3.63, 3.8) is 0 Å². The van der Waals surface area contributed by atoms with Crippen LogP contribution in [-0.4, -0.2) is 18.1 Å². The smallest absolute Gasteiger partial charge is 0.00697 e. The van der Waals surface area contributed by atoms with Gasteiger partial charge in [-0.15, -0.1) is 0 Å². The van der Waals surface area contributed by atoms with E-state index in [0.29, 0.717) is 22.9 Å². The summed E-state index contributed by atoms with van der Waals surface area (Å²) >= 11 is 0. The fraction of sp³-hybridized carbons (Fsp3) is 1.00. The molecule has 5 fully saturated rings. The quantitative estimate of drug-likeness (QED) is 0.0958. The first-order valence-corrected chi connectivity index (χ1v) is 26.1. The van der Waals surface area contributed by atoms with E-state index in [-0.39, 0.29) is 0 Å². The van der Waals surface area contributed by atoms with E-state index < -0.39 is 0 Å². The summed E-state index contributed by atoms with van der Waals surface area (Å²) in [7, 11) is 0. The largest absolute Gasteiger partial charge is 0.328 e. The maximum absolute atomic E-state index is 6.64. The molecule has 0 heterocycles. The van der Waals surface area contributed by atoms with Crippen LogP contribution in [0.15, 0.2) is 0 Å². The van der Waals surface area contributed by atoms with E-state index in [2.05, 4.69) is 74.6 Å². The molecular weight excluding hydrogens is 677 g/mol. The van der Waals surface area contributed by atoms with E-state index in [9.17, 15) is 0 Å². The van der Waals surface area contributed by atoms with Crippen molar-refractivity contribution in [2.24, 2.45) is 87.6 Å². The highest BCUT2D eigenvalue weighted by molar-refractivity contribution is 5.04. The lowest BCUT2D eigenvalue weighted by Gasteiger charge is -2.42. The average molecular weight is 779 g/mol. The molecule has 56 heavy (non-hydrogen) atoms. The SMILES string of the molecule is CC1CCC(C2CC2CC[C@@H](C)CCCC[C@@H](CCC2CCC(N[C@H](C)CC(CC(C)CCC(C)(C)C)C(C)C3(C4CCC(C)CC4)CC3)CC2)[C@@H](C)N)CC1. The zero-order valence-electron chi connectivity index (χ0n) is 39.8. The molecule has 5 aliphatic rings. The molecule has 2 nitrogen and oxygen atoms in total. The lowest BCUT2D eigenvalue weighted by molar-refractivity contribution is 0.0846. The van der Waals surface area contributed by atoms with Crippen molar-refractivity contribution in [2.45, 2.75) is 261 Å². The molecule has 0 aliphatic heterocycles. The van der Waals surface area contributed by atoms with Gasteiger partial charge < -0.3 is 11.1 Å². The molecular formula is C54H102N2. The summed E-state index contributed by atoms with van der Waals surface area (Å²) in [6, 6.07) is 1.73. The molecule has 0 aromatic heterocycles. The van der Waals surface area contributed by atoms with Gasteiger partial charge in [-0.05, 0) is 205 Å². The van der Waals surface area contributed by atoms with Gasteiger partial charge in [0.05, 0.1) is 0 Å². The first-order chi connectivity index (χ1) is 26.6. The first kappa shape index (κ1) is 47.0. The molecule has 0 radical (unpaired) electrons. The van der Waals surface area contributed by atoms with Crippen LogP contribution in [0, 0.1) is 81.8 Å². The molecule has 0 saturated heterocycles. The monoisotopic (exact) mass is 779 g/mol. The summed E-state index contributed by atoms with van der Waals surface area (Å²) in [5, 5.41) is 4.25. The maximum atomic E-state index is 6.64. The number of nitrogens with one attached hydrogen (secondary N) is 1.